The Kier molecular flexibility index (Phi) is 2.57. The van der Waals surface area contributed by atoms with Crippen molar-refractivity contribution in [1.82, 2.24) is 20.6 Å². The van der Waals surface area contributed by atoms with Crippen molar-refractivity contribution >= 4 is 39.4 Å². The summed E-state index contributed by atoms with van der Waals surface area (Å²) in [6, 6.07) is 5.93. The third-order valence-electron chi connectivity index (χ3n) is 3.21. The molecule has 0 aliphatic heterocycles. The Morgan fingerprint density at radius 3 is 2.45 bits per heavy atom. The fourth-order valence-corrected chi connectivity index (χ4v) is 2.51. The van der Waals surface area contributed by atoms with Crippen LogP contribution in [0.2, 0.25) is 5.02 Å². The molecule has 0 atom stereocenters. The number of non-ortho nitro benzene ring substituents is 1. The number of hydrogen-bond donors (Lipinski definition) is 0. The van der Waals surface area contributed by atoms with Gasteiger partial charge in [0.1, 0.15) is 16.6 Å². The maximum Gasteiger partial charge on any atom is 0.272 e. The highest BCUT2D eigenvalue weighted by molar-refractivity contribution is 6.38. The molecular weight excluding hydrogens is 314 g/mol. The molecule has 0 radical (unpaired) electrons. The molecule has 0 N–H and O–H groups in total. The van der Waals surface area contributed by atoms with Gasteiger partial charge in [0.05, 0.1) is 9.95 Å². The number of rotatable bonds is 2. The van der Waals surface area contributed by atoms with Crippen LogP contribution in [0.15, 0.2) is 33.5 Å². The average Bonchev–Trinajstić information content (AvgIpc) is 3.15. The van der Waals surface area contributed by atoms with Crippen molar-refractivity contribution in [2.24, 2.45) is 0 Å². The zero-order valence-corrected chi connectivity index (χ0v) is 11.3. The van der Waals surface area contributed by atoms with E-state index in [9.17, 15) is 10.1 Å². The first-order valence-corrected chi connectivity index (χ1v) is 6.35. The molecular formula is C12H4ClN5O4. The normalized spacial score (nSPS) is 11.3. The van der Waals surface area contributed by atoms with E-state index in [1.54, 1.807) is 12.1 Å². The Bertz CT molecular complexity index is 1040. The molecule has 0 spiro atoms. The Morgan fingerprint density at radius 1 is 0.955 bits per heavy atom. The maximum atomic E-state index is 11.1. The third kappa shape index (κ3) is 1.72. The molecule has 0 saturated carbocycles. The van der Waals surface area contributed by atoms with Gasteiger partial charge in [-0.1, -0.05) is 17.7 Å². The molecule has 0 bridgehead atoms. The first-order valence-electron chi connectivity index (χ1n) is 5.97. The summed E-state index contributed by atoms with van der Waals surface area (Å²) in [6.45, 7) is 0. The molecule has 0 unspecified atom stereocenters. The van der Waals surface area contributed by atoms with Gasteiger partial charge in [0.2, 0.25) is 0 Å². The maximum absolute atomic E-state index is 11.1. The van der Waals surface area contributed by atoms with Gasteiger partial charge >= 0.3 is 0 Å². The lowest BCUT2D eigenvalue weighted by molar-refractivity contribution is -0.384. The van der Waals surface area contributed by atoms with Crippen LogP contribution in [0, 0.1) is 10.1 Å². The van der Waals surface area contributed by atoms with Gasteiger partial charge in [-0.2, -0.15) is 0 Å². The van der Waals surface area contributed by atoms with E-state index in [0.29, 0.717) is 27.7 Å². The number of benzene rings is 2. The molecule has 4 aromatic rings. The first kappa shape index (κ1) is 12.7. The van der Waals surface area contributed by atoms with E-state index in [1.807, 2.05) is 0 Å². The monoisotopic (exact) mass is 317 g/mol. The molecule has 0 aliphatic rings. The lowest BCUT2D eigenvalue weighted by Crippen LogP contribution is -1.91. The summed E-state index contributed by atoms with van der Waals surface area (Å²) < 4.78 is 9.29. The number of nitro groups is 1. The zero-order chi connectivity index (χ0) is 15.3. The Morgan fingerprint density at radius 2 is 1.68 bits per heavy atom. The molecule has 4 rings (SSSR count). The molecule has 0 amide bonds. The smallest absolute Gasteiger partial charge is 0.258 e. The largest absolute Gasteiger partial charge is 0.272 e. The number of nitrogens with zero attached hydrogens (tertiary/aromatic N) is 5. The number of aromatic nitrogens is 4. The van der Waals surface area contributed by atoms with E-state index in [1.165, 1.54) is 12.1 Å². The van der Waals surface area contributed by atoms with E-state index in [0.717, 1.165) is 0 Å². The topological polar surface area (TPSA) is 121 Å². The van der Waals surface area contributed by atoms with Crippen LogP contribution < -0.4 is 0 Å². The quantitative estimate of drug-likeness (QED) is 0.408. The van der Waals surface area contributed by atoms with Gasteiger partial charge in [0, 0.05) is 23.3 Å². The van der Waals surface area contributed by atoms with Gasteiger partial charge in [-0.3, -0.25) is 10.1 Å². The van der Waals surface area contributed by atoms with E-state index >= 15 is 0 Å². The average molecular weight is 318 g/mol. The standard InChI is InChI=1S/C12H4ClN5O4/c13-10-6(1-2-8-12(10)17-21-14-8)7-3-5(18(19)20)4-9-11(7)16-22-15-9/h1-4H. The fourth-order valence-electron chi connectivity index (χ4n) is 2.21. The van der Waals surface area contributed by atoms with Crippen molar-refractivity contribution in [2.45, 2.75) is 0 Å². The lowest BCUT2D eigenvalue weighted by atomic mass is 10.0. The minimum Gasteiger partial charge on any atom is -0.258 e. The lowest BCUT2D eigenvalue weighted by Gasteiger charge is -2.04. The number of halogens is 1. The second kappa shape index (κ2) is 4.46. The number of hydrogen-bond acceptors (Lipinski definition) is 8. The Hall–Kier alpha value is -3.07. The van der Waals surface area contributed by atoms with Crippen LogP contribution in [0.3, 0.4) is 0 Å². The summed E-state index contributed by atoms with van der Waals surface area (Å²) in [5, 5.41) is 26.1. The van der Waals surface area contributed by atoms with Crippen LogP contribution in [-0.2, 0) is 0 Å². The minimum atomic E-state index is -0.526. The molecule has 0 saturated heterocycles. The molecule has 0 fully saturated rings. The highest BCUT2D eigenvalue weighted by Crippen LogP contribution is 2.37. The van der Waals surface area contributed by atoms with Crippen LogP contribution in [0.5, 0.6) is 0 Å². The van der Waals surface area contributed by atoms with Gasteiger partial charge in [0.15, 0.2) is 5.52 Å². The molecule has 22 heavy (non-hydrogen) atoms. The minimum absolute atomic E-state index is 0.146. The molecule has 9 nitrogen and oxygen atoms in total. The molecule has 108 valence electrons. The highest BCUT2D eigenvalue weighted by atomic mass is 35.5. The third-order valence-corrected chi connectivity index (χ3v) is 3.60. The molecule has 2 heterocycles. The van der Waals surface area contributed by atoms with E-state index < -0.39 is 4.92 Å². The van der Waals surface area contributed by atoms with Gasteiger partial charge in [-0.25, -0.2) is 9.26 Å². The zero-order valence-electron chi connectivity index (χ0n) is 10.6. The van der Waals surface area contributed by atoms with Crippen LogP contribution in [0.1, 0.15) is 0 Å². The van der Waals surface area contributed by atoms with Crippen LogP contribution in [0.25, 0.3) is 33.2 Å². The van der Waals surface area contributed by atoms with Crippen molar-refractivity contribution in [1.29, 1.82) is 0 Å². The second-order valence-electron chi connectivity index (χ2n) is 4.44. The SMILES string of the molecule is O=[N+]([O-])c1cc(-c2ccc3nonc3c2Cl)c2nonc2c1. The summed E-state index contributed by atoms with van der Waals surface area (Å²) in [5.74, 6) is 0. The van der Waals surface area contributed by atoms with Gasteiger partial charge < -0.3 is 0 Å². The van der Waals surface area contributed by atoms with Crippen molar-refractivity contribution < 1.29 is 14.2 Å². The number of nitro benzene ring substituents is 1. The van der Waals surface area contributed by atoms with Crippen molar-refractivity contribution in [3.8, 4) is 11.1 Å². The summed E-state index contributed by atoms with van der Waals surface area (Å²) in [5.41, 5.74) is 2.23. The summed E-state index contributed by atoms with van der Waals surface area (Å²) in [7, 11) is 0. The predicted octanol–water partition coefficient (Wildman–Crippen LogP) is 2.99. The summed E-state index contributed by atoms with van der Waals surface area (Å²) in [6.07, 6.45) is 0. The van der Waals surface area contributed by atoms with Crippen molar-refractivity contribution in [3.05, 3.63) is 39.4 Å². The summed E-state index contributed by atoms with van der Waals surface area (Å²) in [4.78, 5) is 10.5. The van der Waals surface area contributed by atoms with E-state index in [4.69, 9.17) is 11.6 Å². The van der Waals surface area contributed by atoms with Crippen molar-refractivity contribution in [3.63, 3.8) is 0 Å². The second-order valence-corrected chi connectivity index (χ2v) is 4.82. The fraction of sp³-hybridized carbons (Fsp3) is 0. The molecule has 2 aromatic carbocycles. The van der Waals surface area contributed by atoms with Gasteiger partial charge in [-0.05, 0) is 26.7 Å². The van der Waals surface area contributed by atoms with E-state index in [2.05, 4.69) is 29.9 Å². The Labute approximate surface area is 125 Å². The molecule has 2 aromatic heterocycles. The first-order chi connectivity index (χ1) is 10.6. The number of fused-ring (bicyclic) bond motifs is 2. The van der Waals surface area contributed by atoms with Crippen molar-refractivity contribution in [2.75, 3.05) is 0 Å². The molecule has 0 aliphatic carbocycles. The van der Waals surface area contributed by atoms with Gasteiger partial charge in [0.25, 0.3) is 5.69 Å². The molecule has 10 heteroatoms. The Balaban J connectivity index is 2.08. The predicted molar refractivity (Wildman–Crippen MR) is 74.3 cm³/mol. The van der Waals surface area contributed by atoms with Crippen LogP contribution in [0.4, 0.5) is 5.69 Å². The highest BCUT2D eigenvalue weighted by Gasteiger charge is 2.20. The van der Waals surface area contributed by atoms with Crippen LogP contribution in [-0.4, -0.2) is 25.5 Å². The van der Waals surface area contributed by atoms with Crippen LogP contribution >= 0.6 is 11.6 Å². The van der Waals surface area contributed by atoms with Gasteiger partial charge in [-0.15, -0.1) is 0 Å². The summed E-state index contributed by atoms with van der Waals surface area (Å²) >= 11 is 6.31. The van der Waals surface area contributed by atoms with E-state index in [-0.39, 0.29) is 16.2 Å².